The molecule has 0 bridgehead atoms. The number of sulfonamides is 1. The lowest BCUT2D eigenvalue weighted by atomic mass is 10.1. The number of nitrogens with zero attached hydrogens (tertiary/aromatic N) is 2. The summed E-state index contributed by atoms with van der Waals surface area (Å²) in [5.74, 6) is 0.253. The molecule has 5 nitrogen and oxygen atoms in total. The zero-order valence-corrected chi connectivity index (χ0v) is 12.8. The third kappa shape index (κ3) is 4.19. The number of hydrogen-bond donors (Lipinski definition) is 1. The van der Waals surface area contributed by atoms with Gasteiger partial charge in [-0.05, 0) is 40.4 Å². The van der Waals surface area contributed by atoms with Gasteiger partial charge >= 0.3 is 0 Å². The Morgan fingerprint density at radius 3 is 2.28 bits per heavy atom. The first-order chi connectivity index (χ1) is 8.38. The fourth-order valence-electron chi connectivity index (χ4n) is 2.27. The molecule has 18 heavy (non-hydrogen) atoms. The number of nitrogens with one attached hydrogen (secondary N) is 1. The monoisotopic (exact) mass is 277 g/mol. The van der Waals surface area contributed by atoms with Crippen molar-refractivity contribution in [1.82, 2.24) is 14.5 Å². The Morgan fingerprint density at radius 2 is 1.78 bits per heavy atom. The molecule has 1 saturated heterocycles. The summed E-state index contributed by atoms with van der Waals surface area (Å²) in [6.45, 7) is 9.08. The van der Waals surface area contributed by atoms with E-state index in [9.17, 15) is 8.42 Å². The summed E-state index contributed by atoms with van der Waals surface area (Å²) in [5.41, 5.74) is 0. The van der Waals surface area contributed by atoms with E-state index < -0.39 is 10.0 Å². The van der Waals surface area contributed by atoms with Crippen molar-refractivity contribution in [3.63, 3.8) is 0 Å². The largest absolute Gasteiger partial charge is 0.317 e. The van der Waals surface area contributed by atoms with Gasteiger partial charge in [-0.25, -0.2) is 8.42 Å². The van der Waals surface area contributed by atoms with Gasteiger partial charge in [0, 0.05) is 25.2 Å². The van der Waals surface area contributed by atoms with E-state index in [4.69, 9.17) is 0 Å². The van der Waals surface area contributed by atoms with Crippen LogP contribution in [0.25, 0.3) is 0 Å². The van der Waals surface area contributed by atoms with E-state index >= 15 is 0 Å². The van der Waals surface area contributed by atoms with Crippen LogP contribution in [0.2, 0.25) is 0 Å². The van der Waals surface area contributed by atoms with E-state index in [1.54, 1.807) is 4.31 Å². The number of hydrogen-bond acceptors (Lipinski definition) is 4. The SMILES string of the molecule is CCNCCCS(=O)(=O)N1CC(C)N(C)C(C)C1. The molecule has 6 heteroatoms. The maximum absolute atomic E-state index is 12.2. The Bertz CT molecular complexity index is 333. The normalized spacial score (nSPS) is 27.6. The molecule has 1 heterocycles. The van der Waals surface area contributed by atoms with Crippen molar-refractivity contribution in [2.75, 3.05) is 39.0 Å². The Morgan fingerprint density at radius 1 is 1.22 bits per heavy atom. The second kappa shape index (κ2) is 6.84. The lowest BCUT2D eigenvalue weighted by Gasteiger charge is -2.41. The van der Waals surface area contributed by atoms with Crippen LogP contribution in [-0.2, 0) is 10.0 Å². The summed E-state index contributed by atoms with van der Waals surface area (Å²) in [7, 11) is -1.03. The van der Waals surface area contributed by atoms with E-state index in [2.05, 4.69) is 31.1 Å². The zero-order chi connectivity index (χ0) is 13.8. The molecule has 1 rings (SSSR count). The van der Waals surface area contributed by atoms with E-state index in [1.807, 2.05) is 6.92 Å². The molecule has 0 saturated carbocycles. The molecule has 0 aromatic rings. The minimum Gasteiger partial charge on any atom is -0.317 e. The van der Waals surface area contributed by atoms with Gasteiger partial charge in [-0.15, -0.1) is 0 Å². The minimum atomic E-state index is -3.09. The highest BCUT2D eigenvalue weighted by molar-refractivity contribution is 7.89. The summed E-state index contributed by atoms with van der Waals surface area (Å²) >= 11 is 0. The maximum atomic E-state index is 12.2. The molecule has 0 radical (unpaired) electrons. The Hall–Kier alpha value is -0.170. The van der Waals surface area contributed by atoms with Crippen LogP contribution in [0.15, 0.2) is 0 Å². The molecule has 1 aliphatic rings. The lowest BCUT2D eigenvalue weighted by molar-refractivity contribution is 0.105. The first kappa shape index (κ1) is 15.9. The molecule has 2 atom stereocenters. The van der Waals surface area contributed by atoms with Crippen molar-refractivity contribution in [1.29, 1.82) is 0 Å². The summed E-state index contributed by atoms with van der Waals surface area (Å²) in [6.07, 6.45) is 0.686. The highest BCUT2D eigenvalue weighted by Crippen LogP contribution is 2.17. The second-order valence-corrected chi connectivity index (χ2v) is 7.29. The fourth-order valence-corrected chi connectivity index (χ4v) is 3.92. The van der Waals surface area contributed by atoms with Crippen molar-refractivity contribution in [2.24, 2.45) is 0 Å². The Balaban J connectivity index is 2.52. The first-order valence-corrected chi connectivity index (χ1v) is 8.40. The molecule has 0 aromatic heterocycles. The quantitative estimate of drug-likeness (QED) is 0.711. The van der Waals surface area contributed by atoms with E-state index in [1.165, 1.54) is 0 Å². The van der Waals surface area contributed by atoms with Crippen LogP contribution in [0.1, 0.15) is 27.2 Å². The maximum Gasteiger partial charge on any atom is 0.214 e. The van der Waals surface area contributed by atoms with Crippen LogP contribution in [0.4, 0.5) is 0 Å². The third-order valence-corrected chi connectivity index (χ3v) is 5.61. The number of piperazine rings is 1. The molecular formula is C12H27N3O2S. The van der Waals surface area contributed by atoms with Gasteiger partial charge in [0.15, 0.2) is 0 Å². The van der Waals surface area contributed by atoms with Gasteiger partial charge in [-0.2, -0.15) is 4.31 Å². The van der Waals surface area contributed by atoms with Gasteiger partial charge in [0.25, 0.3) is 0 Å². The van der Waals surface area contributed by atoms with Crippen LogP contribution in [0, 0.1) is 0 Å². The Labute approximate surface area is 112 Å². The zero-order valence-electron chi connectivity index (χ0n) is 12.0. The van der Waals surface area contributed by atoms with Gasteiger partial charge in [0.05, 0.1) is 5.75 Å². The van der Waals surface area contributed by atoms with Gasteiger partial charge in [-0.1, -0.05) is 6.92 Å². The first-order valence-electron chi connectivity index (χ1n) is 6.79. The molecular weight excluding hydrogens is 250 g/mol. The van der Waals surface area contributed by atoms with Crippen LogP contribution in [-0.4, -0.2) is 68.7 Å². The predicted octanol–water partition coefficient (Wildman–Crippen LogP) is 0.340. The summed E-state index contributed by atoms with van der Waals surface area (Å²) in [5, 5.41) is 3.16. The summed E-state index contributed by atoms with van der Waals surface area (Å²) in [6, 6.07) is 0.578. The highest BCUT2D eigenvalue weighted by atomic mass is 32.2. The molecule has 0 amide bonds. The Kier molecular flexibility index (Phi) is 6.04. The molecule has 2 unspecified atom stereocenters. The smallest absolute Gasteiger partial charge is 0.214 e. The van der Waals surface area contributed by atoms with Gasteiger partial charge in [0.2, 0.25) is 10.0 Å². The summed E-state index contributed by atoms with van der Waals surface area (Å²) < 4.78 is 26.1. The third-order valence-electron chi connectivity index (χ3n) is 3.73. The van der Waals surface area contributed by atoms with Gasteiger partial charge in [-0.3, -0.25) is 4.90 Å². The second-order valence-electron chi connectivity index (χ2n) is 5.20. The van der Waals surface area contributed by atoms with E-state index in [-0.39, 0.29) is 17.8 Å². The molecule has 108 valence electrons. The fraction of sp³-hybridized carbons (Fsp3) is 1.00. The van der Waals surface area contributed by atoms with Crippen molar-refractivity contribution >= 4 is 10.0 Å². The van der Waals surface area contributed by atoms with Crippen LogP contribution >= 0.6 is 0 Å². The molecule has 1 N–H and O–H groups in total. The van der Waals surface area contributed by atoms with Crippen molar-refractivity contribution < 1.29 is 8.42 Å². The van der Waals surface area contributed by atoms with Crippen molar-refractivity contribution in [2.45, 2.75) is 39.3 Å². The lowest BCUT2D eigenvalue weighted by Crippen LogP contribution is -2.56. The summed E-state index contributed by atoms with van der Waals surface area (Å²) in [4.78, 5) is 2.24. The predicted molar refractivity (Wildman–Crippen MR) is 75.2 cm³/mol. The van der Waals surface area contributed by atoms with Gasteiger partial charge < -0.3 is 5.32 Å². The molecule has 0 spiro atoms. The van der Waals surface area contributed by atoms with Crippen LogP contribution in [0.5, 0.6) is 0 Å². The van der Waals surface area contributed by atoms with Gasteiger partial charge in [0.1, 0.15) is 0 Å². The molecule has 0 aromatic carbocycles. The van der Waals surface area contributed by atoms with Crippen LogP contribution in [0.3, 0.4) is 0 Å². The topological polar surface area (TPSA) is 52.7 Å². The molecule has 0 aliphatic carbocycles. The average Bonchev–Trinajstić information content (AvgIpc) is 2.31. The van der Waals surface area contributed by atoms with Crippen LogP contribution < -0.4 is 5.32 Å². The van der Waals surface area contributed by atoms with E-state index in [0.29, 0.717) is 19.5 Å². The average molecular weight is 277 g/mol. The standard InChI is InChI=1S/C12H27N3O2S/c1-5-13-7-6-8-18(16,17)15-9-11(2)14(4)12(3)10-15/h11-13H,5-10H2,1-4H3. The number of likely N-dealkylation sites (N-methyl/N-ethyl adjacent to an activating group) is 1. The minimum absolute atomic E-state index is 0.253. The molecule has 1 fully saturated rings. The highest BCUT2D eigenvalue weighted by Gasteiger charge is 2.32. The molecule has 1 aliphatic heterocycles. The van der Waals surface area contributed by atoms with Crippen molar-refractivity contribution in [3.8, 4) is 0 Å². The van der Waals surface area contributed by atoms with E-state index in [0.717, 1.165) is 13.1 Å². The van der Waals surface area contributed by atoms with Crippen molar-refractivity contribution in [3.05, 3.63) is 0 Å². The number of rotatable bonds is 6.